The van der Waals surface area contributed by atoms with Gasteiger partial charge in [0.2, 0.25) is 0 Å². The summed E-state index contributed by atoms with van der Waals surface area (Å²) in [6.45, 7) is 6.70. The highest BCUT2D eigenvalue weighted by Crippen LogP contribution is 2.53. The van der Waals surface area contributed by atoms with E-state index in [0.29, 0.717) is 24.1 Å². The highest BCUT2D eigenvalue weighted by atomic mass is 79.9. The molecule has 1 nitrogen and oxygen atoms in total. The number of nitrogens with zero attached hydrogens (tertiary/aromatic N) is 1. The fourth-order valence-electron chi connectivity index (χ4n) is 4.45. The van der Waals surface area contributed by atoms with E-state index in [2.05, 4.69) is 15.9 Å². The molecule has 3 rings (SSSR count). The fraction of sp³-hybridized carbons (Fsp3) is 0.478. The van der Waals surface area contributed by atoms with Crippen LogP contribution in [-0.2, 0) is 12.0 Å². The van der Waals surface area contributed by atoms with E-state index >= 15 is 8.78 Å². The molecule has 152 valence electrons. The van der Waals surface area contributed by atoms with Crippen LogP contribution in [0.3, 0.4) is 0 Å². The Bertz CT molecular complexity index is 842. The highest BCUT2D eigenvalue weighted by molar-refractivity contribution is 9.10. The fourth-order valence-corrected chi connectivity index (χ4v) is 4.72. The normalized spacial score (nSPS) is 20.9. The lowest BCUT2D eigenvalue weighted by Gasteiger charge is -2.53. The summed E-state index contributed by atoms with van der Waals surface area (Å²) in [7, 11) is 0. The van der Waals surface area contributed by atoms with Crippen molar-refractivity contribution < 1.29 is 13.2 Å². The molecule has 2 aromatic rings. The van der Waals surface area contributed by atoms with Crippen molar-refractivity contribution in [1.29, 1.82) is 0 Å². The molecule has 1 aliphatic heterocycles. The highest BCUT2D eigenvalue weighted by Gasteiger charge is 2.60. The van der Waals surface area contributed by atoms with Gasteiger partial charge in [0.25, 0.3) is 5.92 Å². The molecule has 1 aliphatic rings. The third kappa shape index (κ3) is 3.63. The van der Waals surface area contributed by atoms with Crippen LogP contribution in [0.25, 0.3) is 0 Å². The molecule has 0 amide bonds. The lowest BCUT2D eigenvalue weighted by Crippen LogP contribution is -2.63. The quantitative estimate of drug-likeness (QED) is 0.489. The van der Waals surface area contributed by atoms with Gasteiger partial charge in [-0.15, -0.1) is 0 Å². The monoisotopic (exact) mass is 453 g/mol. The minimum atomic E-state index is -3.07. The smallest absolute Gasteiger partial charge is 0.274 e. The van der Waals surface area contributed by atoms with Gasteiger partial charge in [0, 0.05) is 24.0 Å². The van der Waals surface area contributed by atoms with E-state index in [9.17, 15) is 4.39 Å². The Labute approximate surface area is 174 Å². The lowest BCUT2D eigenvalue weighted by atomic mass is 9.70. The van der Waals surface area contributed by atoms with Crippen LogP contribution in [0.5, 0.6) is 0 Å². The first kappa shape index (κ1) is 21.4. The van der Waals surface area contributed by atoms with Gasteiger partial charge in [-0.05, 0) is 56.0 Å². The Morgan fingerprint density at radius 3 is 2.29 bits per heavy atom. The van der Waals surface area contributed by atoms with Crippen molar-refractivity contribution in [3.05, 3.63) is 69.2 Å². The summed E-state index contributed by atoms with van der Waals surface area (Å²) in [4.78, 5) is 1.66. The van der Waals surface area contributed by atoms with Gasteiger partial charge in [-0.1, -0.05) is 58.7 Å². The van der Waals surface area contributed by atoms with E-state index in [-0.39, 0.29) is 13.0 Å². The number of rotatable bonds is 5. The molecule has 0 spiro atoms. The Morgan fingerprint density at radius 1 is 1.07 bits per heavy atom. The molecule has 0 radical (unpaired) electrons. The molecule has 28 heavy (non-hydrogen) atoms. The predicted molar refractivity (Wildman–Crippen MR) is 112 cm³/mol. The summed E-state index contributed by atoms with van der Waals surface area (Å²) in [5, 5.41) is 0. The van der Waals surface area contributed by atoms with Gasteiger partial charge < -0.3 is 0 Å². The summed E-state index contributed by atoms with van der Waals surface area (Å²) in [6, 6.07) is 12.7. The third-order valence-electron chi connectivity index (χ3n) is 5.58. The number of halogens is 4. The van der Waals surface area contributed by atoms with Crippen LogP contribution >= 0.6 is 15.9 Å². The second-order valence-corrected chi connectivity index (χ2v) is 9.24. The first-order chi connectivity index (χ1) is 13.0. The number of fused-ring (bicyclic) bond motifs is 1. The number of benzene rings is 2. The summed E-state index contributed by atoms with van der Waals surface area (Å²) in [5.41, 5.74) is -0.245. The van der Waals surface area contributed by atoms with E-state index in [1.807, 2.05) is 25.1 Å². The average molecular weight is 454 g/mol. The van der Waals surface area contributed by atoms with Crippen LogP contribution in [0.15, 0.2) is 46.9 Å². The standard InChI is InChI=1S/C23H27BrF3N/c1-5-22(26,27)23(18-7-9-19(24)10-8-18)20-11-6-16(2)14-17(20)12-13-28(23)15-21(3,4)25/h6-11,14H,5,12-13,15H2,1-4H3. The van der Waals surface area contributed by atoms with Gasteiger partial charge in [-0.3, -0.25) is 4.90 Å². The Kier molecular flexibility index (Phi) is 5.72. The molecule has 0 aromatic heterocycles. The minimum absolute atomic E-state index is 0.0635. The zero-order chi connectivity index (χ0) is 20.7. The van der Waals surface area contributed by atoms with Gasteiger partial charge >= 0.3 is 0 Å². The maximum atomic E-state index is 15.9. The summed E-state index contributed by atoms with van der Waals surface area (Å²) in [5.74, 6) is -3.07. The number of aryl methyl sites for hydroxylation is 1. The van der Waals surface area contributed by atoms with Gasteiger partial charge in [-0.25, -0.2) is 13.2 Å². The molecule has 1 unspecified atom stereocenters. The van der Waals surface area contributed by atoms with Crippen molar-refractivity contribution >= 4 is 15.9 Å². The topological polar surface area (TPSA) is 3.24 Å². The van der Waals surface area contributed by atoms with Crippen LogP contribution in [0, 0.1) is 6.92 Å². The van der Waals surface area contributed by atoms with Crippen molar-refractivity contribution in [2.75, 3.05) is 13.1 Å². The number of hydrogen-bond acceptors (Lipinski definition) is 1. The van der Waals surface area contributed by atoms with E-state index in [4.69, 9.17) is 0 Å². The first-order valence-electron chi connectivity index (χ1n) is 9.69. The molecular weight excluding hydrogens is 427 g/mol. The molecule has 2 aromatic carbocycles. The molecule has 0 bridgehead atoms. The van der Waals surface area contributed by atoms with Gasteiger partial charge in [0.1, 0.15) is 11.2 Å². The Hall–Kier alpha value is -1.33. The largest absolute Gasteiger partial charge is 0.281 e. The molecule has 1 atom stereocenters. The number of hydrogen-bond donors (Lipinski definition) is 0. The van der Waals surface area contributed by atoms with Crippen molar-refractivity contribution in [1.82, 2.24) is 4.90 Å². The van der Waals surface area contributed by atoms with Crippen LogP contribution in [0.1, 0.15) is 49.4 Å². The molecule has 5 heteroatoms. The van der Waals surface area contributed by atoms with Crippen LogP contribution in [-0.4, -0.2) is 29.6 Å². The van der Waals surface area contributed by atoms with Gasteiger partial charge in [-0.2, -0.15) is 0 Å². The number of alkyl halides is 3. The Balaban J connectivity index is 2.36. The van der Waals surface area contributed by atoms with E-state index in [1.165, 1.54) is 20.8 Å². The maximum Gasteiger partial charge on any atom is 0.274 e. The summed E-state index contributed by atoms with van der Waals surface area (Å²) < 4.78 is 47.4. The minimum Gasteiger partial charge on any atom is -0.281 e. The molecule has 0 N–H and O–H groups in total. The van der Waals surface area contributed by atoms with Crippen molar-refractivity contribution in [3.63, 3.8) is 0 Å². The second-order valence-electron chi connectivity index (χ2n) is 8.33. The van der Waals surface area contributed by atoms with Gasteiger partial charge in [0.15, 0.2) is 0 Å². The van der Waals surface area contributed by atoms with Crippen molar-refractivity contribution in [3.8, 4) is 0 Å². The molecule has 0 fully saturated rings. The maximum absolute atomic E-state index is 15.9. The molecular formula is C23H27BrF3N. The third-order valence-corrected chi connectivity index (χ3v) is 6.11. The zero-order valence-electron chi connectivity index (χ0n) is 16.8. The SMILES string of the molecule is CCC(F)(F)C1(c2ccc(Br)cc2)c2ccc(C)cc2CCN1CC(C)(C)F. The second kappa shape index (κ2) is 7.49. The molecule has 0 aliphatic carbocycles. The zero-order valence-corrected chi connectivity index (χ0v) is 18.4. The van der Waals surface area contributed by atoms with E-state index in [0.717, 1.165) is 15.6 Å². The molecule has 1 heterocycles. The molecule has 0 saturated carbocycles. The van der Waals surface area contributed by atoms with Crippen LogP contribution in [0.2, 0.25) is 0 Å². The Morgan fingerprint density at radius 2 is 1.71 bits per heavy atom. The van der Waals surface area contributed by atoms with Crippen LogP contribution < -0.4 is 0 Å². The van der Waals surface area contributed by atoms with Crippen molar-refractivity contribution in [2.24, 2.45) is 0 Å². The van der Waals surface area contributed by atoms with Gasteiger partial charge in [0.05, 0.1) is 0 Å². The van der Waals surface area contributed by atoms with Crippen molar-refractivity contribution in [2.45, 2.75) is 57.7 Å². The lowest BCUT2D eigenvalue weighted by molar-refractivity contribution is -0.145. The van der Waals surface area contributed by atoms with Crippen LogP contribution in [0.4, 0.5) is 13.2 Å². The average Bonchev–Trinajstić information content (AvgIpc) is 2.61. The first-order valence-corrected chi connectivity index (χ1v) is 10.5. The summed E-state index contributed by atoms with van der Waals surface area (Å²) >= 11 is 3.40. The van der Waals surface area contributed by atoms with E-state index < -0.39 is 17.1 Å². The summed E-state index contributed by atoms with van der Waals surface area (Å²) in [6.07, 6.45) is 0.296. The molecule has 0 saturated heterocycles. The predicted octanol–water partition coefficient (Wildman–Crippen LogP) is 6.65. The van der Waals surface area contributed by atoms with E-state index in [1.54, 1.807) is 29.2 Å².